The molecule has 1 heterocycles. The Morgan fingerprint density at radius 2 is 2.14 bits per heavy atom. The number of nitrogens with zero attached hydrogens (tertiary/aromatic N) is 1. The number of hydrogen-bond acceptors (Lipinski definition) is 4. The maximum Gasteiger partial charge on any atom is 0.252 e. The van der Waals surface area contributed by atoms with Gasteiger partial charge in [0.2, 0.25) is 5.91 Å². The third-order valence-corrected chi connectivity index (χ3v) is 3.87. The van der Waals surface area contributed by atoms with Crippen LogP contribution in [-0.4, -0.2) is 23.8 Å². The molecule has 2 aromatic rings. The van der Waals surface area contributed by atoms with Crippen molar-refractivity contribution in [3.63, 3.8) is 0 Å². The second-order valence-corrected chi connectivity index (χ2v) is 5.86. The lowest BCUT2D eigenvalue weighted by Crippen LogP contribution is -2.18. The van der Waals surface area contributed by atoms with Crippen LogP contribution in [0.25, 0.3) is 6.08 Å². The lowest BCUT2D eigenvalue weighted by molar-refractivity contribution is -0.111. The summed E-state index contributed by atoms with van der Waals surface area (Å²) in [5, 5.41) is 8.30. The summed E-state index contributed by atoms with van der Waals surface area (Å²) in [5.41, 5.74) is 1.54. The van der Waals surface area contributed by atoms with Gasteiger partial charge in [-0.15, -0.1) is 11.3 Å². The molecule has 0 saturated heterocycles. The molecular weight excluding hydrogens is 322 g/mol. The van der Waals surface area contributed by atoms with E-state index in [0.29, 0.717) is 16.3 Å². The van der Waals surface area contributed by atoms with Crippen LogP contribution in [0.4, 0.5) is 5.69 Å². The Morgan fingerprint density at radius 3 is 2.77 bits per heavy atom. The number of rotatable bonds is 4. The summed E-state index contributed by atoms with van der Waals surface area (Å²) in [4.78, 5) is 27.8. The van der Waals surface area contributed by atoms with E-state index in [1.807, 2.05) is 12.3 Å². The van der Waals surface area contributed by atoms with Crippen LogP contribution in [0.15, 0.2) is 29.7 Å². The molecule has 5 nitrogen and oxygen atoms in total. The molecule has 0 aliphatic rings. The van der Waals surface area contributed by atoms with Gasteiger partial charge in [-0.1, -0.05) is 11.6 Å². The van der Waals surface area contributed by atoms with Crippen LogP contribution >= 0.6 is 22.9 Å². The molecule has 2 amide bonds. The van der Waals surface area contributed by atoms with Crippen molar-refractivity contribution in [3.05, 3.63) is 50.9 Å². The molecule has 0 radical (unpaired) electrons. The van der Waals surface area contributed by atoms with Gasteiger partial charge in [-0.05, 0) is 31.2 Å². The highest BCUT2D eigenvalue weighted by Gasteiger charge is 2.10. The molecule has 0 unspecified atom stereocenters. The molecule has 0 bridgehead atoms. The van der Waals surface area contributed by atoms with Gasteiger partial charge >= 0.3 is 0 Å². The third-order valence-electron chi connectivity index (χ3n) is 2.75. The number of carbonyl (C=O) groups excluding carboxylic acids is 2. The fourth-order valence-corrected chi connectivity index (χ4v) is 2.50. The van der Waals surface area contributed by atoms with Gasteiger partial charge in [-0.3, -0.25) is 9.59 Å². The normalized spacial score (nSPS) is 10.7. The van der Waals surface area contributed by atoms with E-state index in [0.717, 1.165) is 10.7 Å². The van der Waals surface area contributed by atoms with Crippen LogP contribution in [0, 0.1) is 6.92 Å². The number of halogens is 1. The summed E-state index contributed by atoms with van der Waals surface area (Å²) in [6.07, 6.45) is 3.02. The number of thiazole rings is 1. The average molecular weight is 336 g/mol. The topological polar surface area (TPSA) is 71.1 Å². The van der Waals surface area contributed by atoms with E-state index in [1.165, 1.54) is 30.5 Å². The predicted molar refractivity (Wildman–Crippen MR) is 89.4 cm³/mol. The molecule has 1 aromatic carbocycles. The zero-order valence-electron chi connectivity index (χ0n) is 12.0. The molecular formula is C15H14ClN3O2S. The monoisotopic (exact) mass is 335 g/mol. The second-order valence-electron chi connectivity index (χ2n) is 4.39. The first-order valence-electron chi connectivity index (χ1n) is 6.42. The number of benzene rings is 1. The van der Waals surface area contributed by atoms with Crippen molar-refractivity contribution in [2.45, 2.75) is 6.92 Å². The maximum absolute atomic E-state index is 11.9. The maximum atomic E-state index is 11.9. The summed E-state index contributed by atoms with van der Waals surface area (Å²) in [6, 6.07) is 4.72. The zero-order valence-corrected chi connectivity index (χ0v) is 13.6. The molecule has 7 heteroatoms. The molecule has 0 spiro atoms. The summed E-state index contributed by atoms with van der Waals surface area (Å²) in [6.45, 7) is 1.90. The van der Waals surface area contributed by atoms with E-state index in [1.54, 1.807) is 18.2 Å². The average Bonchev–Trinajstić information content (AvgIpc) is 2.92. The van der Waals surface area contributed by atoms with Crippen LogP contribution in [0.2, 0.25) is 5.02 Å². The number of hydrogen-bond donors (Lipinski definition) is 2. The number of nitrogens with one attached hydrogen (secondary N) is 2. The van der Waals surface area contributed by atoms with Crippen LogP contribution in [0.3, 0.4) is 0 Å². The minimum atomic E-state index is -0.311. The van der Waals surface area contributed by atoms with Crippen molar-refractivity contribution in [1.29, 1.82) is 0 Å². The highest BCUT2D eigenvalue weighted by atomic mass is 35.5. The van der Waals surface area contributed by atoms with Crippen molar-refractivity contribution in [1.82, 2.24) is 10.3 Å². The number of aryl methyl sites for hydroxylation is 1. The Labute approximate surface area is 137 Å². The first-order chi connectivity index (χ1) is 10.5. The third kappa shape index (κ3) is 4.16. The van der Waals surface area contributed by atoms with Crippen LogP contribution in [0.1, 0.15) is 21.1 Å². The predicted octanol–water partition coefficient (Wildman–Crippen LogP) is 3.12. The van der Waals surface area contributed by atoms with Crippen molar-refractivity contribution < 1.29 is 9.59 Å². The zero-order chi connectivity index (χ0) is 16.1. The Kier molecular flexibility index (Phi) is 5.30. The molecule has 0 fully saturated rings. The summed E-state index contributed by atoms with van der Waals surface area (Å²) in [7, 11) is 1.52. The Balaban J connectivity index is 2.08. The van der Waals surface area contributed by atoms with E-state index in [4.69, 9.17) is 11.6 Å². The smallest absolute Gasteiger partial charge is 0.252 e. The second kappa shape index (κ2) is 7.20. The van der Waals surface area contributed by atoms with Gasteiger partial charge in [0, 0.05) is 24.2 Å². The summed E-state index contributed by atoms with van der Waals surface area (Å²) >= 11 is 7.47. The molecule has 0 atom stereocenters. The molecule has 2 rings (SSSR count). The van der Waals surface area contributed by atoms with E-state index >= 15 is 0 Å². The Hall–Kier alpha value is -2.18. The van der Waals surface area contributed by atoms with Gasteiger partial charge in [-0.2, -0.15) is 0 Å². The number of carbonyl (C=O) groups is 2. The van der Waals surface area contributed by atoms with E-state index in [-0.39, 0.29) is 11.8 Å². The molecule has 0 aliphatic carbocycles. The van der Waals surface area contributed by atoms with E-state index in [9.17, 15) is 9.59 Å². The minimum absolute atomic E-state index is 0.307. The number of aromatic nitrogens is 1. The fraction of sp³-hybridized carbons (Fsp3) is 0.133. The van der Waals surface area contributed by atoms with Gasteiger partial charge in [0.15, 0.2) is 0 Å². The number of anilines is 1. The van der Waals surface area contributed by atoms with Crippen LogP contribution < -0.4 is 10.6 Å². The van der Waals surface area contributed by atoms with Gasteiger partial charge in [0.1, 0.15) is 0 Å². The Bertz CT molecular complexity index is 740. The fourth-order valence-electron chi connectivity index (χ4n) is 1.71. The van der Waals surface area contributed by atoms with Gasteiger partial charge in [0.25, 0.3) is 5.91 Å². The molecule has 0 saturated carbocycles. The molecule has 2 N–H and O–H groups in total. The van der Waals surface area contributed by atoms with Crippen LogP contribution in [-0.2, 0) is 4.79 Å². The lowest BCUT2D eigenvalue weighted by atomic mass is 10.2. The lowest BCUT2D eigenvalue weighted by Gasteiger charge is -2.07. The molecule has 0 aliphatic heterocycles. The van der Waals surface area contributed by atoms with Crippen LogP contribution in [0.5, 0.6) is 0 Å². The van der Waals surface area contributed by atoms with E-state index in [2.05, 4.69) is 15.6 Å². The summed E-state index contributed by atoms with van der Waals surface area (Å²) in [5.74, 6) is -0.620. The highest BCUT2D eigenvalue weighted by Crippen LogP contribution is 2.20. The molecule has 22 heavy (non-hydrogen) atoms. The van der Waals surface area contributed by atoms with Crippen molar-refractivity contribution in [2.75, 3.05) is 12.4 Å². The van der Waals surface area contributed by atoms with Gasteiger partial charge in [0.05, 0.1) is 21.3 Å². The quantitative estimate of drug-likeness (QED) is 0.843. The first kappa shape index (κ1) is 16.2. The van der Waals surface area contributed by atoms with Crippen molar-refractivity contribution >= 4 is 46.5 Å². The van der Waals surface area contributed by atoms with E-state index < -0.39 is 0 Å². The van der Waals surface area contributed by atoms with Crippen molar-refractivity contribution in [2.24, 2.45) is 0 Å². The van der Waals surface area contributed by atoms with Gasteiger partial charge < -0.3 is 10.6 Å². The highest BCUT2D eigenvalue weighted by molar-refractivity contribution is 7.09. The molecule has 114 valence electrons. The van der Waals surface area contributed by atoms with Gasteiger partial charge in [-0.25, -0.2) is 4.98 Å². The standard InChI is InChI=1S/C15H14ClN3O2S/c1-9-18-11(8-22-9)4-6-14(20)19-10-3-5-13(16)12(7-10)15(21)17-2/h3-8H,1-2H3,(H,17,21)(H,19,20)/b6-4+. The number of amides is 2. The Morgan fingerprint density at radius 1 is 1.36 bits per heavy atom. The summed E-state index contributed by atoms with van der Waals surface area (Å²) < 4.78 is 0. The molecule has 1 aromatic heterocycles. The van der Waals surface area contributed by atoms with Crippen molar-refractivity contribution in [3.8, 4) is 0 Å². The largest absolute Gasteiger partial charge is 0.355 e. The minimum Gasteiger partial charge on any atom is -0.355 e. The SMILES string of the molecule is CNC(=O)c1cc(NC(=O)/C=C/c2csc(C)n2)ccc1Cl. The first-order valence-corrected chi connectivity index (χ1v) is 7.68.